The Kier molecular flexibility index (Phi) is 2.76. The molecule has 0 saturated heterocycles. The first-order chi connectivity index (χ1) is 9.02. The molecule has 0 spiro atoms. The molecule has 100 valence electrons. The van der Waals surface area contributed by atoms with E-state index in [0.717, 1.165) is 17.6 Å². The van der Waals surface area contributed by atoms with Crippen LogP contribution >= 0.6 is 0 Å². The fraction of sp³-hybridized carbons (Fsp3) is 0.286. The van der Waals surface area contributed by atoms with Crippen molar-refractivity contribution in [1.29, 1.82) is 0 Å². The van der Waals surface area contributed by atoms with E-state index in [9.17, 15) is 8.42 Å². The Morgan fingerprint density at radius 3 is 2.84 bits per heavy atom. The van der Waals surface area contributed by atoms with Crippen LogP contribution in [0.5, 0.6) is 0 Å². The van der Waals surface area contributed by atoms with Crippen LogP contribution in [-0.2, 0) is 16.4 Å². The summed E-state index contributed by atoms with van der Waals surface area (Å²) in [4.78, 5) is 3.34. The Morgan fingerprint density at radius 1 is 1.42 bits per heavy atom. The molecule has 0 saturated carbocycles. The largest absolute Gasteiger partial charge is 0.357 e. The topological polar surface area (TPSA) is 53.2 Å². The van der Waals surface area contributed by atoms with Crippen molar-refractivity contribution in [3.8, 4) is 0 Å². The molecule has 0 aliphatic carbocycles. The van der Waals surface area contributed by atoms with Crippen LogP contribution in [0.4, 0.5) is 0 Å². The summed E-state index contributed by atoms with van der Waals surface area (Å²) in [5, 5.41) is 1.18. The van der Waals surface area contributed by atoms with Crippen LogP contribution in [0, 0.1) is 0 Å². The van der Waals surface area contributed by atoms with Crippen LogP contribution in [0.2, 0.25) is 0 Å². The summed E-state index contributed by atoms with van der Waals surface area (Å²) < 4.78 is 25.2. The van der Waals surface area contributed by atoms with Crippen molar-refractivity contribution in [2.45, 2.75) is 12.5 Å². The Morgan fingerprint density at radius 2 is 2.16 bits per heavy atom. The van der Waals surface area contributed by atoms with Crippen LogP contribution in [-0.4, -0.2) is 30.5 Å². The second kappa shape index (κ2) is 4.21. The summed E-state index contributed by atoms with van der Waals surface area (Å²) in [6, 6.07) is 7.76. The van der Waals surface area contributed by atoms with Gasteiger partial charge in [0.15, 0.2) is 0 Å². The van der Waals surface area contributed by atoms with Crippen molar-refractivity contribution in [1.82, 2.24) is 9.29 Å². The molecule has 1 aromatic carbocycles. The minimum Gasteiger partial charge on any atom is -0.357 e. The molecule has 5 heteroatoms. The van der Waals surface area contributed by atoms with E-state index in [1.165, 1.54) is 21.5 Å². The summed E-state index contributed by atoms with van der Waals surface area (Å²) in [7, 11) is -3.23. The molecule has 0 radical (unpaired) electrons. The van der Waals surface area contributed by atoms with E-state index in [4.69, 9.17) is 0 Å². The van der Waals surface area contributed by atoms with Gasteiger partial charge < -0.3 is 4.98 Å². The van der Waals surface area contributed by atoms with E-state index in [2.05, 4.69) is 17.6 Å². The molecule has 1 aliphatic heterocycles. The first kappa shape index (κ1) is 12.4. The van der Waals surface area contributed by atoms with Crippen LogP contribution in [0.25, 0.3) is 10.9 Å². The lowest BCUT2D eigenvalue weighted by Crippen LogP contribution is -2.38. The second-order valence-corrected chi connectivity index (χ2v) is 6.80. The Hall–Kier alpha value is -1.59. The number of rotatable bonds is 2. The molecular formula is C14H16N2O2S. The van der Waals surface area contributed by atoms with Crippen LogP contribution < -0.4 is 0 Å². The SMILES string of the molecule is C=C[C@@H]1c2[nH]c3ccccc3c2CCN1S(C)(=O)=O. The van der Waals surface area contributed by atoms with E-state index in [1.807, 2.05) is 18.2 Å². The number of benzene rings is 1. The number of aromatic amines is 1. The first-order valence-corrected chi connectivity index (χ1v) is 8.06. The Balaban J connectivity index is 2.21. The molecule has 1 aromatic heterocycles. The van der Waals surface area contributed by atoms with Gasteiger partial charge in [0.1, 0.15) is 0 Å². The summed E-state index contributed by atoms with van der Waals surface area (Å²) in [5.41, 5.74) is 3.21. The number of aromatic nitrogens is 1. The number of hydrogen-bond acceptors (Lipinski definition) is 2. The number of para-hydroxylation sites is 1. The van der Waals surface area contributed by atoms with Crippen molar-refractivity contribution in [2.24, 2.45) is 0 Å². The van der Waals surface area contributed by atoms with Gasteiger partial charge in [0.25, 0.3) is 0 Å². The highest BCUT2D eigenvalue weighted by Crippen LogP contribution is 2.35. The summed E-state index contributed by atoms with van der Waals surface area (Å²) in [6.45, 7) is 4.30. The molecule has 4 nitrogen and oxygen atoms in total. The normalized spacial score (nSPS) is 20.4. The maximum atomic E-state index is 11.8. The standard InChI is InChI=1S/C14H16N2O2S/c1-3-13-14-11(8-9-16(13)19(2,17)18)10-6-4-5-7-12(10)15-14/h3-7,13,15H,1,8-9H2,2H3/t13-/m1/s1. The number of fused-ring (bicyclic) bond motifs is 3. The summed E-state index contributed by atoms with van der Waals surface area (Å²) >= 11 is 0. The van der Waals surface area contributed by atoms with Crippen LogP contribution in [0.1, 0.15) is 17.3 Å². The molecule has 0 bridgehead atoms. The third-order valence-electron chi connectivity index (χ3n) is 3.68. The van der Waals surface area contributed by atoms with Crippen molar-refractivity contribution in [2.75, 3.05) is 12.8 Å². The zero-order valence-corrected chi connectivity index (χ0v) is 11.6. The molecule has 0 unspecified atom stereocenters. The van der Waals surface area contributed by atoms with E-state index < -0.39 is 10.0 Å². The summed E-state index contributed by atoms with van der Waals surface area (Å²) in [5.74, 6) is 0. The Bertz CT molecular complexity index is 746. The van der Waals surface area contributed by atoms with E-state index in [1.54, 1.807) is 6.08 Å². The van der Waals surface area contributed by atoms with Crippen molar-refractivity contribution in [3.05, 3.63) is 48.2 Å². The van der Waals surface area contributed by atoms with Gasteiger partial charge in [-0.3, -0.25) is 0 Å². The Labute approximate surface area is 112 Å². The third kappa shape index (κ3) is 1.89. The lowest BCUT2D eigenvalue weighted by Gasteiger charge is -2.31. The predicted octanol–water partition coefficient (Wildman–Crippen LogP) is 2.21. The van der Waals surface area contributed by atoms with Crippen LogP contribution in [0.15, 0.2) is 36.9 Å². The van der Waals surface area contributed by atoms with Crippen molar-refractivity contribution >= 4 is 20.9 Å². The van der Waals surface area contributed by atoms with Gasteiger partial charge >= 0.3 is 0 Å². The minimum atomic E-state index is -3.23. The number of hydrogen-bond donors (Lipinski definition) is 1. The molecule has 2 heterocycles. The van der Waals surface area contributed by atoms with Gasteiger partial charge in [-0.2, -0.15) is 4.31 Å². The van der Waals surface area contributed by atoms with Crippen molar-refractivity contribution < 1.29 is 8.42 Å². The quantitative estimate of drug-likeness (QED) is 0.855. The molecule has 19 heavy (non-hydrogen) atoms. The zero-order valence-electron chi connectivity index (χ0n) is 10.8. The maximum Gasteiger partial charge on any atom is 0.212 e. The van der Waals surface area contributed by atoms with Gasteiger partial charge in [-0.1, -0.05) is 24.3 Å². The molecule has 1 aliphatic rings. The van der Waals surface area contributed by atoms with Gasteiger partial charge in [-0.15, -0.1) is 6.58 Å². The average molecular weight is 276 g/mol. The third-order valence-corrected chi connectivity index (χ3v) is 4.95. The van der Waals surface area contributed by atoms with Crippen molar-refractivity contribution in [3.63, 3.8) is 0 Å². The van der Waals surface area contributed by atoms with Gasteiger partial charge in [-0.05, 0) is 18.1 Å². The predicted molar refractivity (Wildman–Crippen MR) is 76.5 cm³/mol. The average Bonchev–Trinajstić information content (AvgIpc) is 2.75. The van der Waals surface area contributed by atoms with E-state index >= 15 is 0 Å². The van der Waals surface area contributed by atoms with Crippen LogP contribution in [0.3, 0.4) is 0 Å². The number of nitrogens with zero attached hydrogens (tertiary/aromatic N) is 1. The minimum absolute atomic E-state index is 0.300. The molecule has 2 aromatic rings. The number of H-pyrrole nitrogens is 1. The monoisotopic (exact) mass is 276 g/mol. The molecule has 0 amide bonds. The number of nitrogens with one attached hydrogen (secondary N) is 1. The van der Waals surface area contributed by atoms with Gasteiger partial charge in [0.05, 0.1) is 12.3 Å². The fourth-order valence-electron chi connectivity index (χ4n) is 2.86. The van der Waals surface area contributed by atoms with Gasteiger partial charge in [0.2, 0.25) is 10.0 Å². The summed E-state index contributed by atoms with van der Waals surface area (Å²) in [6.07, 6.45) is 3.67. The second-order valence-electron chi connectivity index (χ2n) is 4.87. The smallest absolute Gasteiger partial charge is 0.212 e. The molecule has 0 fully saturated rings. The first-order valence-electron chi connectivity index (χ1n) is 6.21. The highest BCUT2D eigenvalue weighted by molar-refractivity contribution is 7.88. The lowest BCUT2D eigenvalue weighted by atomic mass is 9.99. The number of sulfonamides is 1. The van der Waals surface area contributed by atoms with E-state index in [-0.39, 0.29) is 6.04 Å². The molecular weight excluding hydrogens is 260 g/mol. The van der Waals surface area contributed by atoms with Gasteiger partial charge in [0, 0.05) is 23.1 Å². The molecule has 1 atom stereocenters. The highest BCUT2D eigenvalue weighted by Gasteiger charge is 2.33. The lowest BCUT2D eigenvalue weighted by molar-refractivity contribution is 0.351. The zero-order chi connectivity index (χ0) is 13.6. The van der Waals surface area contributed by atoms with E-state index in [0.29, 0.717) is 6.54 Å². The maximum absolute atomic E-state index is 11.8. The molecule has 1 N–H and O–H groups in total. The van der Waals surface area contributed by atoms with Gasteiger partial charge in [-0.25, -0.2) is 8.42 Å². The fourth-order valence-corrected chi connectivity index (χ4v) is 3.88. The molecule has 3 rings (SSSR count). The highest BCUT2D eigenvalue weighted by atomic mass is 32.2.